The Morgan fingerprint density at radius 2 is 1.81 bits per heavy atom. The lowest BCUT2D eigenvalue weighted by Gasteiger charge is -2.04. The minimum atomic E-state index is 0.940. The zero-order chi connectivity index (χ0) is 11.2. The molecule has 16 heavy (non-hydrogen) atoms. The Hall–Kier alpha value is -1.67. The van der Waals surface area contributed by atoms with Gasteiger partial charge in [-0.05, 0) is 24.6 Å². The van der Waals surface area contributed by atoms with Gasteiger partial charge in [0.1, 0.15) is 13.1 Å². The molecule has 2 rings (SSSR count). The molecule has 0 bridgehead atoms. The average Bonchev–Trinajstić information content (AvgIpc) is 2.33. The molecule has 0 atom stereocenters. The highest BCUT2D eigenvalue weighted by atomic mass is 14.9. The molecule has 0 spiro atoms. The molecule has 2 aromatic rings. The highest BCUT2D eigenvalue weighted by Gasteiger charge is 2.00. The van der Waals surface area contributed by atoms with Gasteiger partial charge in [-0.1, -0.05) is 30.3 Å². The fraction of sp³-hybridized carbons (Fsp3) is 0.214. The Bertz CT molecular complexity index is 437. The third kappa shape index (κ3) is 2.91. The van der Waals surface area contributed by atoms with Crippen LogP contribution in [-0.2, 0) is 13.1 Å². The Morgan fingerprint density at radius 3 is 2.56 bits per heavy atom. The van der Waals surface area contributed by atoms with Crippen LogP contribution in [-0.4, -0.2) is 4.98 Å². The first kappa shape index (κ1) is 10.8. The summed E-state index contributed by atoms with van der Waals surface area (Å²) in [5, 5.41) is 2.28. The molecular weight excluding hydrogens is 196 g/mol. The maximum absolute atomic E-state index is 4.30. The first-order valence-electron chi connectivity index (χ1n) is 5.62. The van der Waals surface area contributed by atoms with Crippen LogP contribution < -0.4 is 5.32 Å². The molecule has 0 unspecified atom stereocenters. The molecule has 1 aromatic heterocycles. The second-order valence-corrected chi connectivity index (χ2v) is 3.94. The van der Waals surface area contributed by atoms with Gasteiger partial charge in [0.05, 0.1) is 5.69 Å². The number of nitrogens with zero attached hydrogens (tertiary/aromatic N) is 1. The van der Waals surface area contributed by atoms with Crippen LogP contribution in [0.5, 0.6) is 0 Å². The van der Waals surface area contributed by atoms with Gasteiger partial charge in [-0.3, -0.25) is 4.98 Å². The van der Waals surface area contributed by atoms with Crippen LogP contribution in [0.25, 0.3) is 0 Å². The van der Waals surface area contributed by atoms with Gasteiger partial charge in [0.25, 0.3) is 0 Å². The molecule has 2 N–H and O–H groups in total. The standard InChI is InChI=1S/C14H16N2/c1-12-6-2-3-7-13(12)10-15-11-14-8-4-5-9-16-14/h2-9,15H,10-11H2,1H3/p+1. The second-order valence-electron chi connectivity index (χ2n) is 3.94. The van der Waals surface area contributed by atoms with Crippen LogP contribution in [0.4, 0.5) is 0 Å². The largest absolute Gasteiger partial charge is 0.337 e. The van der Waals surface area contributed by atoms with Crippen LogP contribution in [0.15, 0.2) is 48.7 Å². The SMILES string of the molecule is Cc1ccccc1C[NH2+]Cc1ccccn1. The highest BCUT2D eigenvalue weighted by Crippen LogP contribution is 2.04. The highest BCUT2D eigenvalue weighted by molar-refractivity contribution is 5.24. The van der Waals surface area contributed by atoms with E-state index in [1.165, 1.54) is 11.1 Å². The van der Waals surface area contributed by atoms with Gasteiger partial charge < -0.3 is 5.32 Å². The van der Waals surface area contributed by atoms with Crippen molar-refractivity contribution in [1.29, 1.82) is 0 Å². The van der Waals surface area contributed by atoms with Crippen molar-refractivity contribution in [2.24, 2.45) is 0 Å². The molecule has 0 amide bonds. The van der Waals surface area contributed by atoms with Crippen molar-refractivity contribution in [3.05, 3.63) is 65.5 Å². The summed E-state index contributed by atoms with van der Waals surface area (Å²) in [6.07, 6.45) is 1.84. The quantitative estimate of drug-likeness (QED) is 0.822. The number of benzene rings is 1. The van der Waals surface area contributed by atoms with Crippen molar-refractivity contribution in [3.63, 3.8) is 0 Å². The summed E-state index contributed by atoms with van der Waals surface area (Å²) >= 11 is 0. The predicted octanol–water partition coefficient (Wildman–Crippen LogP) is 1.65. The van der Waals surface area contributed by atoms with E-state index < -0.39 is 0 Å². The van der Waals surface area contributed by atoms with E-state index in [2.05, 4.69) is 47.6 Å². The van der Waals surface area contributed by atoms with E-state index in [0.717, 1.165) is 18.8 Å². The van der Waals surface area contributed by atoms with Crippen molar-refractivity contribution < 1.29 is 5.32 Å². The van der Waals surface area contributed by atoms with E-state index >= 15 is 0 Å². The second kappa shape index (κ2) is 5.42. The molecule has 82 valence electrons. The van der Waals surface area contributed by atoms with Crippen molar-refractivity contribution in [2.45, 2.75) is 20.0 Å². The lowest BCUT2D eigenvalue weighted by Crippen LogP contribution is -2.81. The normalized spacial score (nSPS) is 10.3. The fourth-order valence-electron chi connectivity index (χ4n) is 1.73. The Kier molecular flexibility index (Phi) is 3.67. The Morgan fingerprint density at radius 1 is 1.00 bits per heavy atom. The summed E-state index contributed by atoms with van der Waals surface area (Å²) in [6.45, 7) is 4.11. The predicted molar refractivity (Wildman–Crippen MR) is 64.7 cm³/mol. The molecule has 2 nitrogen and oxygen atoms in total. The summed E-state index contributed by atoms with van der Waals surface area (Å²) in [7, 11) is 0. The number of hydrogen-bond acceptors (Lipinski definition) is 1. The van der Waals surface area contributed by atoms with E-state index in [0.29, 0.717) is 0 Å². The molecule has 0 aliphatic carbocycles. The molecule has 0 aliphatic heterocycles. The minimum absolute atomic E-state index is 0.940. The number of rotatable bonds is 4. The first-order chi connectivity index (χ1) is 7.86. The lowest BCUT2D eigenvalue weighted by atomic mass is 10.1. The summed E-state index contributed by atoms with van der Waals surface area (Å²) in [5.41, 5.74) is 3.90. The number of pyridine rings is 1. The zero-order valence-corrected chi connectivity index (χ0v) is 9.56. The van der Waals surface area contributed by atoms with E-state index in [1.54, 1.807) is 0 Å². The first-order valence-corrected chi connectivity index (χ1v) is 5.62. The third-order valence-corrected chi connectivity index (χ3v) is 2.71. The van der Waals surface area contributed by atoms with Crippen molar-refractivity contribution >= 4 is 0 Å². The number of aromatic nitrogens is 1. The van der Waals surface area contributed by atoms with Crippen LogP contribution >= 0.6 is 0 Å². The molecule has 1 heterocycles. The van der Waals surface area contributed by atoms with Gasteiger partial charge in [-0.2, -0.15) is 0 Å². The number of aryl methyl sites for hydroxylation is 1. The molecule has 1 aromatic carbocycles. The molecule has 2 heteroatoms. The Balaban J connectivity index is 1.87. The van der Waals surface area contributed by atoms with Gasteiger partial charge in [0.2, 0.25) is 0 Å². The van der Waals surface area contributed by atoms with Gasteiger partial charge >= 0.3 is 0 Å². The van der Waals surface area contributed by atoms with Crippen molar-refractivity contribution in [2.75, 3.05) is 0 Å². The summed E-state index contributed by atoms with van der Waals surface area (Å²) in [4.78, 5) is 4.30. The van der Waals surface area contributed by atoms with Gasteiger partial charge in [-0.15, -0.1) is 0 Å². The van der Waals surface area contributed by atoms with Crippen molar-refractivity contribution in [1.82, 2.24) is 4.98 Å². The van der Waals surface area contributed by atoms with E-state index in [-0.39, 0.29) is 0 Å². The molecule has 0 saturated carbocycles. The summed E-state index contributed by atoms with van der Waals surface area (Å²) in [5.74, 6) is 0. The van der Waals surface area contributed by atoms with Crippen molar-refractivity contribution in [3.8, 4) is 0 Å². The van der Waals surface area contributed by atoms with Gasteiger partial charge in [-0.25, -0.2) is 0 Å². The molecule has 0 aliphatic rings. The van der Waals surface area contributed by atoms with Crippen LogP contribution in [0, 0.1) is 6.92 Å². The summed E-state index contributed by atoms with van der Waals surface area (Å²) < 4.78 is 0. The molecule has 0 radical (unpaired) electrons. The molecule has 0 saturated heterocycles. The smallest absolute Gasteiger partial charge is 0.119 e. The van der Waals surface area contributed by atoms with Crippen LogP contribution in [0.1, 0.15) is 16.8 Å². The number of quaternary nitrogens is 1. The average molecular weight is 213 g/mol. The Labute approximate surface area is 96.4 Å². The van der Waals surface area contributed by atoms with E-state index in [9.17, 15) is 0 Å². The maximum Gasteiger partial charge on any atom is 0.119 e. The fourth-order valence-corrected chi connectivity index (χ4v) is 1.73. The van der Waals surface area contributed by atoms with Crippen LogP contribution in [0.2, 0.25) is 0 Å². The van der Waals surface area contributed by atoms with Gasteiger partial charge in [0.15, 0.2) is 0 Å². The van der Waals surface area contributed by atoms with Gasteiger partial charge in [0, 0.05) is 11.8 Å². The minimum Gasteiger partial charge on any atom is -0.337 e. The number of nitrogens with two attached hydrogens (primary N) is 1. The topological polar surface area (TPSA) is 29.5 Å². The maximum atomic E-state index is 4.30. The molecule has 0 fully saturated rings. The van der Waals surface area contributed by atoms with E-state index in [4.69, 9.17) is 0 Å². The number of hydrogen-bond donors (Lipinski definition) is 1. The summed E-state index contributed by atoms with van der Waals surface area (Å²) in [6, 6.07) is 14.6. The van der Waals surface area contributed by atoms with E-state index in [1.807, 2.05) is 18.3 Å². The zero-order valence-electron chi connectivity index (χ0n) is 9.56. The molecular formula is C14H17N2+. The van der Waals surface area contributed by atoms with Crippen LogP contribution in [0.3, 0.4) is 0 Å². The lowest BCUT2D eigenvalue weighted by molar-refractivity contribution is -0.686. The third-order valence-electron chi connectivity index (χ3n) is 2.71. The monoisotopic (exact) mass is 213 g/mol.